The second kappa shape index (κ2) is 9.63. The Balaban J connectivity index is 0.00000342. The second-order valence-corrected chi connectivity index (χ2v) is 11.3. The van der Waals surface area contributed by atoms with Crippen LogP contribution in [0.4, 0.5) is 0 Å². The molecule has 0 aliphatic rings. The smallest absolute Gasteiger partial charge is 0.268 e. The van der Waals surface area contributed by atoms with Gasteiger partial charge in [0.05, 0.1) is 22.5 Å². The van der Waals surface area contributed by atoms with Crippen LogP contribution in [-0.2, 0) is 6.54 Å². The van der Waals surface area contributed by atoms with E-state index in [-0.39, 0.29) is 6.68 Å². The minimum absolute atomic E-state index is 0. The van der Waals surface area contributed by atoms with Crippen molar-refractivity contribution >= 4 is 10.6 Å². The summed E-state index contributed by atoms with van der Waals surface area (Å²) in [4.78, 5) is 11.8. The number of hydrogen-bond acceptors (Lipinski definition) is 8. The Morgan fingerprint density at radius 2 is 1.56 bits per heavy atom. The third kappa shape index (κ3) is 5.02. The highest BCUT2D eigenvalue weighted by Gasteiger charge is 2.20. The van der Waals surface area contributed by atoms with Crippen molar-refractivity contribution in [3.05, 3.63) is 66.0 Å². The van der Waals surface area contributed by atoms with Gasteiger partial charge in [0, 0.05) is 24.3 Å². The summed E-state index contributed by atoms with van der Waals surface area (Å²) in [7, 11) is 1.22. The maximum Gasteiger partial charge on any atom is 0.268 e. The molecule has 8 nitrogen and oxygen atoms in total. The third-order valence-corrected chi connectivity index (χ3v) is 7.72. The summed E-state index contributed by atoms with van der Waals surface area (Å²) in [6, 6.07) is 15.1. The molecule has 0 aliphatic carbocycles. The zero-order chi connectivity index (χ0) is 24.5. The Kier molecular flexibility index (Phi) is 6.81. The monoisotopic (exact) mass is 481 g/mol. The first-order valence-electron chi connectivity index (χ1n) is 10.9. The van der Waals surface area contributed by atoms with Gasteiger partial charge in [0.1, 0.15) is 5.69 Å². The lowest BCUT2D eigenvalue weighted by Gasteiger charge is -2.36. The first-order chi connectivity index (χ1) is 16.1. The molecule has 34 heavy (non-hydrogen) atoms. The van der Waals surface area contributed by atoms with Gasteiger partial charge in [0.2, 0.25) is 5.89 Å². The number of rotatable bonds is 7. The Morgan fingerprint density at radius 1 is 0.941 bits per heavy atom. The van der Waals surface area contributed by atoms with Crippen molar-refractivity contribution in [2.24, 2.45) is 0 Å². The largest absolute Gasteiger partial charge is 0.415 e. The summed E-state index contributed by atoms with van der Waals surface area (Å²) in [5.41, 5.74) is 4.64. The first kappa shape index (κ1) is 24.0. The molecule has 0 fully saturated rings. The molecule has 0 saturated carbocycles. The topological polar surface area (TPSA) is 108 Å². The zero-order valence-corrected chi connectivity index (χ0v) is 20.7. The van der Waals surface area contributed by atoms with E-state index in [1.54, 1.807) is 32.2 Å². The Labute approximate surface area is 202 Å². The molecule has 4 aromatic rings. The average Bonchev–Trinajstić information content (AvgIpc) is 3.29. The number of aromatic nitrogens is 4. The summed E-state index contributed by atoms with van der Waals surface area (Å²) < 4.78 is 26.7. The van der Waals surface area contributed by atoms with Gasteiger partial charge < -0.3 is 9.32 Å². The highest BCUT2D eigenvalue weighted by atomic mass is 32.3. The molecule has 0 saturated heterocycles. The van der Waals surface area contributed by atoms with E-state index < -0.39 is 10.6 Å². The molecular weight excluding hydrogens is 450 g/mol. The molecular formula is C25H31N5O3S. The van der Waals surface area contributed by atoms with Crippen LogP contribution in [0.3, 0.4) is 0 Å². The fraction of sp³-hybridized carbons (Fsp3) is 0.280. The van der Waals surface area contributed by atoms with Gasteiger partial charge in [-0.05, 0) is 64.7 Å². The molecule has 180 valence electrons. The van der Waals surface area contributed by atoms with Crippen LogP contribution in [-0.4, -0.2) is 53.5 Å². The van der Waals surface area contributed by atoms with Crippen molar-refractivity contribution in [1.29, 1.82) is 0 Å². The molecule has 2 aromatic heterocycles. The van der Waals surface area contributed by atoms with Gasteiger partial charge in [-0.25, -0.2) is 4.98 Å². The molecule has 0 amide bonds. The van der Waals surface area contributed by atoms with E-state index in [1.165, 1.54) is 5.56 Å². The number of benzene rings is 2. The predicted molar refractivity (Wildman–Crippen MR) is 137 cm³/mol. The van der Waals surface area contributed by atoms with Crippen molar-refractivity contribution in [2.45, 2.75) is 37.5 Å². The molecule has 2 N–H and O–H groups in total. The highest BCUT2D eigenvalue weighted by molar-refractivity contribution is 8.24. The fourth-order valence-electron chi connectivity index (χ4n) is 3.44. The molecule has 0 radical (unpaired) electrons. The minimum Gasteiger partial charge on any atom is -0.415 e. The van der Waals surface area contributed by atoms with Gasteiger partial charge in [-0.3, -0.25) is 14.1 Å². The lowest BCUT2D eigenvalue weighted by molar-refractivity contribution is 0.402. The van der Waals surface area contributed by atoms with Crippen LogP contribution in [0.1, 0.15) is 26.5 Å². The first-order valence-corrected chi connectivity index (χ1v) is 12.5. The van der Waals surface area contributed by atoms with Crippen LogP contribution in [0.2, 0.25) is 0 Å². The summed E-state index contributed by atoms with van der Waals surface area (Å²) in [5, 5.41) is 8.15. The Morgan fingerprint density at radius 3 is 2.18 bits per heavy atom. The normalized spacial score (nSPS) is 12.5. The molecule has 2 aromatic carbocycles. The lowest BCUT2D eigenvalue weighted by atomic mass is 10.1. The minimum atomic E-state index is -2.84. The molecule has 4 rings (SSSR count). The van der Waals surface area contributed by atoms with Crippen LogP contribution < -0.4 is 0 Å². The SMILES string of the molecule is Cc1ncc(-c2ccc(S(O)(O)C(C)C)cc2)nc1-c1nnc(-c2ccc(CN(C)C)cc2)o1.[HH]. The van der Waals surface area contributed by atoms with Gasteiger partial charge >= 0.3 is 0 Å². The van der Waals surface area contributed by atoms with Gasteiger partial charge in [0.15, 0.2) is 0 Å². The molecule has 0 unspecified atom stereocenters. The number of aryl methyl sites for hydroxylation is 1. The molecule has 0 spiro atoms. The zero-order valence-electron chi connectivity index (χ0n) is 19.9. The maximum atomic E-state index is 10.4. The summed E-state index contributed by atoms with van der Waals surface area (Å²) in [6.07, 6.45) is 1.68. The molecule has 0 bridgehead atoms. The van der Waals surface area contributed by atoms with E-state index in [4.69, 9.17) is 9.40 Å². The van der Waals surface area contributed by atoms with Crippen LogP contribution in [0.25, 0.3) is 34.3 Å². The van der Waals surface area contributed by atoms with E-state index in [0.717, 1.165) is 17.7 Å². The number of nitrogens with zero attached hydrogens (tertiary/aromatic N) is 5. The standard InChI is InChI=1S/C25H29N5O3S.H2/c1-16(2)34(31,32)21-12-10-19(11-13-21)22-14-26-17(3)23(27-22)25-29-28-24(33-25)20-8-6-18(7-9-20)15-30(4)5;/h6-14,16,31-32H,15H2,1-5H3;1H. The Bertz CT molecular complexity index is 1280. The predicted octanol–water partition coefficient (Wildman–Crippen LogP) is 5.99. The summed E-state index contributed by atoms with van der Waals surface area (Å²) >= 11 is 0. The second-order valence-electron chi connectivity index (χ2n) is 8.70. The van der Waals surface area contributed by atoms with Crippen LogP contribution in [0.5, 0.6) is 0 Å². The number of hydrogen-bond donors (Lipinski definition) is 2. The van der Waals surface area contributed by atoms with Crippen molar-refractivity contribution in [3.8, 4) is 34.3 Å². The fourth-order valence-corrected chi connectivity index (χ4v) is 4.52. The molecule has 2 heterocycles. The van der Waals surface area contributed by atoms with Crippen molar-refractivity contribution in [2.75, 3.05) is 14.1 Å². The third-order valence-electron chi connectivity index (χ3n) is 5.44. The van der Waals surface area contributed by atoms with E-state index in [1.807, 2.05) is 57.4 Å². The van der Waals surface area contributed by atoms with Gasteiger partial charge in [-0.2, -0.15) is 10.6 Å². The van der Waals surface area contributed by atoms with Crippen molar-refractivity contribution in [3.63, 3.8) is 0 Å². The maximum absolute atomic E-state index is 10.4. The summed E-state index contributed by atoms with van der Waals surface area (Å²) in [6.45, 7) is 6.27. The van der Waals surface area contributed by atoms with Crippen LogP contribution in [0, 0.1) is 6.92 Å². The van der Waals surface area contributed by atoms with Crippen molar-refractivity contribution < 1.29 is 14.9 Å². The Hall–Kier alpha value is -3.11. The van der Waals surface area contributed by atoms with Crippen molar-refractivity contribution in [1.82, 2.24) is 25.1 Å². The van der Waals surface area contributed by atoms with E-state index >= 15 is 0 Å². The van der Waals surface area contributed by atoms with E-state index in [9.17, 15) is 9.11 Å². The van der Waals surface area contributed by atoms with E-state index in [2.05, 4.69) is 20.1 Å². The van der Waals surface area contributed by atoms with E-state index in [0.29, 0.717) is 33.8 Å². The van der Waals surface area contributed by atoms with Crippen LogP contribution >= 0.6 is 10.6 Å². The van der Waals surface area contributed by atoms with Gasteiger partial charge in [-0.1, -0.05) is 24.3 Å². The van der Waals surface area contributed by atoms with Gasteiger partial charge in [0.25, 0.3) is 5.89 Å². The lowest BCUT2D eigenvalue weighted by Crippen LogP contribution is -2.10. The summed E-state index contributed by atoms with van der Waals surface area (Å²) in [5.74, 6) is 0.714. The van der Waals surface area contributed by atoms with Gasteiger partial charge in [-0.15, -0.1) is 10.2 Å². The molecule has 9 heteroatoms. The van der Waals surface area contributed by atoms with Crippen LogP contribution in [0.15, 0.2) is 64.0 Å². The molecule has 0 atom stereocenters. The highest BCUT2D eigenvalue weighted by Crippen LogP contribution is 2.52. The average molecular weight is 482 g/mol. The molecule has 0 aliphatic heterocycles. The quantitative estimate of drug-likeness (QED) is 0.331.